The lowest BCUT2D eigenvalue weighted by atomic mass is 10.3. The average Bonchev–Trinajstić information content (AvgIpc) is 2.58. The standard InChI is InChI=1S/C9H11N4OS/c1-5-6(2)10-9-11-7(4-14-3)12-13(9)8(5)15/h4H2,1-3H3. The van der Waals surface area contributed by atoms with E-state index in [4.69, 9.17) is 17.4 Å². The quantitative estimate of drug-likeness (QED) is 0.723. The fourth-order valence-electron chi connectivity index (χ4n) is 1.29. The second-order valence-corrected chi connectivity index (χ2v) is 3.69. The first-order valence-corrected chi connectivity index (χ1v) is 4.93. The van der Waals surface area contributed by atoms with Gasteiger partial charge in [-0.3, -0.25) is 0 Å². The molecule has 0 unspecified atom stereocenters. The molecule has 0 saturated heterocycles. The SMILES string of the molecule is COCc1nc2nc(C)c(C)c([S])n2n1. The first-order chi connectivity index (χ1) is 7.13. The molecular weight excluding hydrogens is 212 g/mol. The Morgan fingerprint density at radius 3 is 2.73 bits per heavy atom. The van der Waals surface area contributed by atoms with Crippen molar-refractivity contribution in [3.05, 3.63) is 17.1 Å². The summed E-state index contributed by atoms with van der Waals surface area (Å²) in [5.41, 5.74) is 1.86. The van der Waals surface area contributed by atoms with Crippen molar-refractivity contribution in [2.45, 2.75) is 25.5 Å². The predicted molar refractivity (Wildman–Crippen MR) is 56.8 cm³/mol. The van der Waals surface area contributed by atoms with E-state index >= 15 is 0 Å². The summed E-state index contributed by atoms with van der Waals surface area (Å²) in [5, 5.41) is 4.88. The lowest BCUT2D eigenvalue weighted by molar-refractivity contribution is 0.178. The van der Waals surface area contributed by atoms with Crippen molar-refractivity contribution in [1.82, 2.24) is 19.6 Å². The minimum atomic E-state index is 0.371. The molecule has 0 saturated carbocycles. The highest BCUT2D eigenvalue weighted by Crippen LogP contribution is 2.16. The monoisotopic (exact) mass is 223 g/mol. The average molecular weight is 223 g/mol. The van der Waals surface area contributed by atoms with Crippen LogP contribution >= 0.6 is 12.6 Å². The van der Waals surface area contributed by atoms with Gasteiger partial charge in [-0.15, -0.1) is 5.10 Å². The lowest BCUT2D eigenvalue weighted by Gasteiger charge is -2.02. The Bertz CT molecular complexity index is 508. The van der Waals surface area contributed by atoms with Gasteiger partial charge in [0.2, 0.25) is 0 Å². The van der Waals surface area contributed by atoms with Gasteiger partial charge in [-0.1, -0.05) is 12.6 Å². The van der Waals surface area contributed by atoms with Gasteiger partial charge in [0.25, 0.3) is 5.78 Å². The summed E-state index contributed by atoms with van der Waals surface area (Å²) < 4.78 is 6.53. The van der Waals surface area contributed by atoms with E-state index in [0.717, 1.165) is 11.3 Å². The smallest absolute Gasteiger partial charge is 0.254 e. The fraction of sp³-hybridized carbons (Fsp3) is 0.444. The molecule has 2 rings (SSSR count). The molecular formula is C9H11N4OS. The van der Waals surface area contributed by atoms with Gasteiger partial charge < -0.3 is 4.74 Å². The number of methoxy groups -OCH3 is 1. The Balaban J connectivity index is 2.65. The summed E-state index contributed by atoms with van der Waals surface area (Å²) in [6, 6.07) is 0. The van der Waals surface area contributed by atoms with Crippen LogP contribution in [0.3, 0.4) is 0 Å². The summed E-state index contributed by atoms with van der Waals surface area (Å²) in [7, 11) is 1.60. The van der Waals surface area contributed by atoms with Gasteiger partial charge in [0.05, 0.1) is 0 Å². The highest BCUT2D eigenvalue weighted by atomic mass is 32.1. The number of hydrogen-bond acceptors (Lipinski definition) is 4. The van der Waals surface area contributed by atoms with Crippen molar-refractivity contribution in [1.29, 1.82) is 0 Å². The van der Waals surface area contributed by atoms with Gasteiger partial charge in [-0.25, -0.2) is 4.98 Å². The molecule has 0 amide bonds. The number of aryl methyl sites for hydroxylation is 1. The van der Waals surface area contributed by atoms with Crippen molar-refractivity contribution in [3.63, 3.8) is 0 Å². The summed E-state index contributed by atoms with van der Waals surface area (Å²) >= 11 is 5.26. The van der Waals surface area contributed by atoms with Crippen LogP contribution in [0.15, 0.2) is 5.03 Å². The van der Waals surface area contributed by atoms with E-state index in [-0.39, 0.29) is 0 Å². The van der Waals surface area contributed by atoms with E-state index in [1.165, 1.54) is 0 Å². The van der Waals surface area contributed by atoms with E-state index in [2.05, 4.69) is 15.1 Å². The summed E-state index contributed by atoms with van der Waals surface area (Å²) in [6.45, 7) is 4.22. The fourth-order valence-corrected chi connectivity index (χ4v) is 1.56. The van der Waals surface area contributed by atoms with Crippen molar-refractivity contribution < 1.29 is 4.74 Å². The lowest BCUT2D eigenvalue weighted by Crippen LogP contribution is -2.00. The maximum Gasteiger partial charge on any atom is 0.254 e. The third-order valence-corrected chi connectivity index (χ3v) is 2.71. The molecule has 2 aromatic rings. The van der Waals surface area contributed by atoms with Crippen LogP contribution in [0.2, 0.25) is 0 Å². The molecule has 2 aromatic heterocycles. The molecule has 0 spiro atoms. The van der Waals surface area contributed by atoms with Crippen LogP contribution in [0.4, 0.5) is 0 Å². The minimum Gasteiger partial charge on any atom is -0.377 e. The Hall–Kier alpha value is -1.27. The first kappa shape index (κ1) is 10.3. The zero-order valence-corrected chi connectivity index (χ0v) is 9.63. The zero-order chi connectivity index (χ0) is 11.0. The molecule has 0 aliphatic rings. The summed E-state index contributed by atoms with van der Waals surface area (Å²) in [4.78, 5) is 8.52. The summed E-state index contributed by atoms with van der Waals surface area (Å²) in [5.74, 6) is 1.14. The Morgan fingerprint density at radius 2 is 2.07 bits per heavy atom. The largest absolute Gasteiger partial charge is 0.377 e. The number of rotatable bonds is 2. The normalized spacial score (nSPS) is 11.1. The third-order valence-electron chi connectivity index (χ3n) is 2.23. The van der Waals surface area contributed by atoms with Gasteiger partial charge in [-0.2, -0.15) is 9.50 Å². The number of hydrogen-bond donors (Lipinski definition) is 0. The topological polar surface area (TPSA) is 52.3 Å². The number of nitrogens with zero attached hydrogens (tertiary/aromatic N) is 4. The van der Waals surface area contributed by atoms with Crippen molar-refractivity contribution in [3.8, 4) is 0 Å². The van der Waals surface area contributed by atoms with E-state index < -0.39 is 0 Å². The van der Waals surface area contributed by atoms with Crippen molar-refractivity contribution >= 4 is 18.4 Å². The van der Waals surface area contributed by atoms with E-state index in [1.54, 1.807) is 11.6 Å². The van der Waals surface area contributed by atoms with Gasteiger partial charge >= 0.3 is 0 Å². The van der Waals surface area contributed by atoms with Crippen molar-refractivity contribution in [2.24, 2.45) is 0 Å². The van der Waals surface area contributed by atoms with Gasteiger partial charge in [0.15, 0.2) is 5.82 Å². The van der Waals surface area contributed by atoms with E-state index in [9.17, 15) is 0 Å². The molecule has 0 N–H and O–H groups in total. The molecule has 2 heterocycles. The van der Waals surface area contributed by atoms with Crippen LogP contribution in [-0.4, -0.2) is 26.7 Å². The molecule has 0 atom stereocenters. The number of fused-ring (bicyclic) bond motifs is 1. The minimum absolute atomic E-state index is 0.371. The molecule has 0 aliphatic heterocycles. The molecule has 79 valence electrons. The maximum atomic E-state index is 5.26. The van der Waals surface area contributed by atoms with Crippen LogP contribution in [0.5, 0.6) is 0 Å². The first-order valence-electron chi connectivity index (χ1n) is 4.52. The third kappa shape index (κ3) is 1.66. The summed E-state index contributed by atoms with van der Waals surface area (Å²) in [6.07, 6.45) is 0. The van der Waals surface area contributed by atoms with Gasteiger partial charge in [0.1, 0.15) is 11.6 Å². The number of aromatic nitrogens is 4. The predicted octanol–water partition coefficient (Wildman–Crippen LogP) is 1.44. The number of ether oxygens (including phenoxy) is 1. The highest BCUT2D eigenvalue weighted by molar-refractivity contribution is 7.80. The highest BCUT2D eigenvalue weighted by Gasteiger charge is 2.11. The molecule has 15 heavy (non-hydrogen) atoms. The van der Waals surface area contributed by atoms with Crippen LogP contribution < -0.4 is 0 Å². The van der Waals surface area contributed by atoms with Crippen LogP contribution in [0.1, 0.15) is 17.1 Å². The molecule has 5 nitrogen and oxygen atoms in total. The zero-order valence-electron chi connectivity index (χ0n) is 8.81. The Morgan fingerprint density at radius 1 is 1.33 bits per heavy atom. The molecule has 0 aliphatic carbocycles. The Labute approximate surface area is 92.9 Å². The maximum absolute atomic E-state index is 5.26. The molecule has 1 radical (unpaired) electrons. The second kappa shape index (κ2) is 3.71. The van der Waals surface area contributed by atoms with Gasteiger partial charge in [0, 0.05) is 18.4 Å². The van der Waals surface area contributed by atoms with Crippen LogP contribution in [-0.2, 0) is 11.3 Å². The Kier molecular flexibility index (Phi) is 2.54. The van der Waals surface area contributed by atoms with Crippen LogP contribution in [0.25, 0.3) is 5.78 Å². The van der Waals surface area contributed by atoms with E-state index in [0.29, 0.717) is 23.2 Å². The molecule has 0 fully saturated rings. The molecule has 6 heteroatoms. The van der Waals surface area contributed by atoms with E-state index in [1.807, 2.05) is 13.8 Å². The van der Waals surface area contributed by atoms with Gasteiger partial charge in [-0.05, 0) is 13.8 Å². The van der Waals surface area contributed by atoms with Crippen molar-refractivity contribution in [2.75, 3.05) is 7.11 Å². The molecule has 0 aromatic carbocycles. The molecule has 0 bridgehead atoms. The second-order valence-electron chi connectivity index (χ2n) is 3.30. The van der Waals surface area contributed by atoms with Crippen LogP contribution in [0, 0.1) is 13.8 Å².